The Balaban J connectivity index is 2.32. The van der Waals surface area contributed by atoms with E-state index in [1.807, 2.05) is 19.1 Å². The Bertz CT molecular complexity index is 498. The predicted octanol–water partition coefficient (Wildman–Crippen LogP) is 4.32. The highest BCUT2D eigenvalue weighted by Crippen LogP contribution is 2.29. The lowest BCUT2D eigenvalue weighted by molar-refractivity contribution is 0.891. The van der Waals surface area contributed by atoms with Gasteiger partial charge in [-0.1, -0.05) is 24.6 Å². The molecule has 0 saturated heterocycles. The molecule has 1 aromatic carbocycles. The topological polar surface area (TPSA) is 26.0 Å². The molecule has 0 bridgehead atoms. The molecule has 0 saturated carbocycles. The van der Waals surface area contributed by atoms with E-state index in [0.29, 0.717) is 0 Å². The number of thiophene rings is 1. The Labute approximate surface area is 111 Å². The molecule has 0 radical (unpaired) electrons. The van der Waals surface area contributed by atoms with Crippen molar-refractivity contribution in [3.63, 3.8) is 0 Å². The van der Waals surface area contributed by atoms with E-state index in [2.05, 4.69) is 25.1 Å². The van der Waals surface area contributed by atoms with Gasteiger partial charge in [-0.05, 0) is 48.7 Å². The van der Waals surface area contributed by atoms with Crippen molar-refractivity contribution in [2.24, 2.45) is 5.73 Å². The molecule has 0 aliphatic carbocycles. The van der Waals surface area contributed by atoms with Crippen molar-refractivity contribution < 1.29 is 0 Å². The van der Waals surface area contributed by atoms with Crippen molar-refractivity contribution in [1.29, 1.82) is 0 Å². The van der Waals surface area contributed by atoms with Crippen LogP contribution in [-0.2, 0) is 6.42 Å². The summed E-state index contributed by atoms with van der Waals surface area (Å²) in [6, 6.07) is 10.2. The van der Waals surface area contributed by atoms with Gasteiger partial charge < -0.3 is 5.73 Å². The first kappa shape index (κ1) is 12.6. The highest BCUT2D eigenvalue weighted by Gasteiger charge is 2.12. The summed E-state index contributed by atoms with van der Waals surface area (Å²) in [7, 11) is 0. The van der Waals surface area contributed by atoms with Gasteiger partial charge in [0, 0.05) is 14.8 Å². The number of benzene rings is 1. The van der Waals surface area contributed by atoms with Gasteiger partial charge in [-0.3, -0.25) is 0 Å². The summed E-state index contributed by atoms with van der Waals surface area (Å²) < 4.78 is 0. The van der Waals surface area contributed by atoms with Crippen LogP contribution in [0.2, 0.25) is 5.02 Å². The van der Waals surface area contributed by atoms with E-state index in [9.17, 15) is 0 Å². The van der Waals surface area contributed by atoms with Crippen LogP contribution < -0.4 is 5.73 Å². The summed E-state index contributed by atoms with van der Waals surface area (Å²) in [5.41, 5.74) is 8.51. The molecule has 0 aliphatic heterocycles. The Morgan fingerprint density at radius 3 is 2.65 bits per heavy atom. The van der Waals surface area contributed by atoms with E-state index < -0.39 is 0 Å². The van der Waals surface area contributed by atoms with Crippen molar-refractivity contribution in [3.05, 3.63) is 56.2 Å². The van der Waals surface area contributed by atoms with Crippen molar-refractivity contribution in [2.75, 3.05) is 0 Å². The zero-order valence-corrected chi connectivity index (χ0v) is 11.6. The lowest BCUT2D eigenvalue weighted by atomic mass is 10.0. The number of hydrogen-bond acceptors (Lipinski definition) is 2. The van der Waals surface area contributed by atoms with Gasteiger partial charge in [0.25, 0.3) is 0 Å². The summed E-state index contributed by atoms with van der Waals surface area (Å²) in [4.78, 5) is 2.57. The monoisotopic (exact) mass is 265 g/mol. The number of hydrogen-bond donors (Lipinski definition) is 1. The maximum absolute atomic E-state index is 6.27. The van der Waals surface area contributed by atoms with Gasteiger partial charge in [-0.2, -0.15) is 0 Å². The zero-order valence-electron chi connectivity index (χ0n) is 10.0. The Kier molecular flexibility index (Phi) is 3.87. The molecule has 2 rings (SSSR count). The lowest BCUT2D eigenvalue weighted by Crippen LogP contribution is -2.10. The lowest BCUT2D eigenvalue weighted by Gasteiger charge is -2.11. The van der Waals surface area contributed by atoms with Crippen LogP contribution in [0.4, 0.5) is 0 Å². The first-order chi connectivity index (χ1) is 8.10. The summed E-state index contributed by atoms with van der Waals surface area (Å²) in [6.45, 7) is 4.19. The summed E-state index contributed by atoms with van der Waals surface area (Å²) in [6.07, 6.45) is 1.06. The maximum Gasteiger partial charge on any atom is 0.0646 e. The van der Waals surface area contributed by atoms with Gasteiger partial charge in [0.2, 0.25) is 0 Å². The fourth-order valence-corrected chi connectivity index (χ4v) is 3.14. The first-order valence-corrected chi connectivity index (χ1v) is 6.91. The molecule has 0 amide bonds. The summed E-state index contributed by atoms with van der Waals surface area (Å²) in [5, 5.41) is 0.753. The van der Waals surface area contributed by atoms with Crippen LogP contribution >= 0.6 is 22.9 Å². The molecule has 0 fully saturated rings. The molecule has 0 aliphatic rings. The van der Waals surface area contributed by atoms with Crippen LogP contribution in [0.1, 0.15) is 33.8 Å². The van der Waals surface area contributed by atoms with E-state index in [-0.39, 0.29) is 6.04 Å². The SMILES string of the molecule is CCc1ccc(C(N)c2cc(C)cc(Cl)c2)s1. The molecule has 0 spiro atoms. The number of halogens is 1. The molecule has 90 valence electrons. The van der Waals surface area contributed by atoms with Crippen LogP contribution in [0.25, 0.3) is 0 Å². The molecular weight excluding hydrogens is 250 g/mol. The van der Waals surface area contributed by atoms with Crippen LogP contribution in [0.5, 0.6) is 0 Å². The summed E-state index contributed by atoms with van der Waals surface area (Å²) in [5.74, 6) is 0. The van der Waals surface area contributed by atoms with Crippen LogP contribution in [0.15, 0.2) is 30.3 Å². The standard InChI is InChI=1S/C14H16ClNS/c1-3-12-4-5-13(17-12)14(16)10-6-9(2)7-11(15)8-10/h4-8,14H,3,16H2,1-2H3. The minimum atomic E-state index is -0.0716. The highest BCUT2D eigenvalue weighted by atomic mass is 35.5. The molecule has 1 heterocycles. The molecule has 1 atom stereocenters. The molecule has 3 heteroatoms. The predicted molar refractivity (Wildman–Crippen MR) is 75.9 cm³/mol. The number of aryl methyl sites for hydroxylation is 2. The maximum atomic E-state index is 6.27. The highest BCUT2D eigenvalue weighted by molar-refractivity contribution is 7.12. The van der Waals surface area contributed by atoms with E-state index in [1.165, 1.54) is 9.75 Å². The number of nitrogens with two attached hydrogens (primary N) is 1. The molecule has 1 aromatic heterocycles. The molecule has 1 unspecified atom stereocenters. The average molecular weight is 266 g/mol. The fourth-order valence-electron chi connectivity index (χ4n) is 1.86. The third-order valence-electron chi connectivity index (χ3n) is 2.76. The Morgan fingerprint density at radius 1 is 1.29 bits per heavy atom. The van der Waals surface area contributed by atoms with E-state index >= 15 is 0 Å². The molecule has 2 N–H and O–H groups in total. The quantitative estimate of drug-likeness (QED) is 0.879. The molecule has 1 nitrogen and oxygen atoms in total. The average Bonchev–Trinajstić information content (AvgIpc) is 2.75. The first-order valence-electron chi connectivity index (χ1n) is 5.71. The third kappa shape index (κ3) is 2.89. The second-order valence-corrected chi connectivity index (χ2v) is 5.83. The third-order valence-corrected chi connectivity index (χ3v) is 4.29. The largest absolute Gasteiger partial charge is 0.320 e. The van der Waals surface area contributed by atoms with Crippen LogP contribution in [0, 0.1) is 6.92 Å². The molecule has 17 heavy (non-hydrogen) atoms. The smallest absolute Gasteiger partial charge is 0.0646 e. The van der Waals surface area contributed by atoms with Crippen molar-refractivity contribution >= 4 is 22.9 Å². The van der Waals surface area contributed by atoms with Gasteiger partial charge >= 0.3 is 0 Å². The zero-order chi connectivity index (χ0) is 12.4. The minimum Gasteiger partial charge on any atom is -0.320 e. The molecular formula is C14H16ClNS. The Hall–Kier alpha value is -0.830. The number of rotatable bonds is 3. The van der Waals surface area contributed by atoms with Gasteiger partial charge in [0.05, 0.1) is 6.04 Å². The van der Waals surface area contributed by atoms with E-state index in [4.69, 9.17) is 17.3 Å². The summed E-state index contributed by atoms with van der Waals surface area (Å²) >= 11 is 7.84. The van der Waals surface area contributed by atoms with Crippen molar-refractivity contribution in [3.8, 4) is 0 Å². The molecule has 2 aromatic rings. The van der Waals surface area contributed by atoms with E-state index in [1.54, 1.807) is 11.3 Å². The van der Waals surface area contributed by atoms with Crippen LogP contribution in [-0.4, -0.2) is 0 Å². The van der Waals surface area contributed by atoms with E-state index in [0.717, 1.165) is 22.6 Å². The fraction of sp³-hybridized carbons (Fsp3) is 0.286. The van der Waals surface area contributed by atoms with Crippen LogP contribution in [0.3, 0.4) is 0 Å². The Morgan fingerprint density at radius 2 is 2.06 bits per heavy atom. The van der Waals surface area contributed by atoms with Gasteiger partial charge in [-0.15, -0.1) is 11.3 Å². The second kappa shape index (κ2) is 5.21. The van der Waals surface area contributed by atoms with Crippen molar-refractivity contribution in [1.82, 2.24) is 0 Å². The minimum absolute atomic E-state index is 0.0716. The normalized spacial score (nSPS) is 12.7. The van der Waals surface area contributed by atoms with Gasteiger partial charge in [0.15, 0.2) is 0 Å². The second-order valence-electron chi connectivity index (χ2n) is 4.20. The van der Waals surface area contributed by atoms with Gasteiger partial charge in [0.1, 0.15) is 0 Å². The van der Waals surface area contributed by atoms with Gasteiger partial charge in [-0.25, -0.2) is 0 Å². The van der Waals surface area contributed by atoms with Crippen molar-refractivity contribution in [2.45, 2.75) is 26.3 Å².